The van der Waals surface area contributed by atoms with E-state index in [1.165, 1.54) is 41.1 Å². The maximum absolute atomic E-state index is 2.36. The maximum atomic E-state index is 2.36. The molecule has 0 fully saturated rings. The molecule has 0 saturated heterocycles. The monoisotopic (exact) mass is 335 g/mol. The van der Waals surface area contributed by atoms with Gasteiger partial charge in [0.25, 0.3) is 0 Å². The number of benzene rings is 3. The summed E-state index contributed by atoms with van der Waals surface area (Å²) in [5.41, 5.74) is 2.71. The Morgan fingerprint density at radius 1 is 0.714 bits per heavy atom. The van der Waals surface area contributed by atoms with Crippen LogP contribution in [0.1, 0.15) is 0 Å². The van der Waals surface area contributed by atoms with Crippen LogP contribution in [0.15, 0.2) is 60.7 Å². The fraction of sp³-hybridized carbons (Fsp3) is 0.0526. The van der Waals surface area contributed by atoms with E-state index in [-0.39, 0.29) is 0 Å². The van der Waals surface area contributed by atoms with Crippen LogP contribution < -0.4 is 0 Å². The van der Waals surface area contributed by atoms with Crippen molar-refractivity contribution in [3.63, 3.8) is 0 Å². The van der Waals surface area contributed by atoms with Crippen LogP contribution in [-0.2, 0) is 7.05 Å². The van der Waals surface area contributed by atoms with Gasteiger partial charge >= 0.3 is 128 Å². The zero-order valence-electron chi connectivity index (χ0n) is 11.6. The molecular weight excluding hydrogens is 321 g/mol. The molecule has 0 radical (unpaired) electrons. The van der Waals surface area contributed by atoms with Crippen LogP contribution in [0.3, 0.4) is 0 Å². The molecule has 5 rings (SSSR count). The first-order chi connectivity index (χ1) is 10.3. The Balaban J connectivity index is 2.18. The van der Waals surface area contributed by atoms with Crippen LogP contribution in [0.5, 0.6) is 0 Å². The summed E-state index contributed by atoms with van der Waals surface area (Å²) in [4.78, 5) is 0. The van der Waals surface area contributed by atoms with Crippen LogP contribution in [0, 0.1) is 0 Å². The first-order valence-corrected chi connectivity index (χ1v) is 8.83. The molecule has 0 aliphatic carbocycles. The van der Waals surface area contributed by atoms with Gasteiger partial charge in [0.1, 0.15) is 0 Å². The molecule has 2 heterocycles. The summed E-state index contributed by atoms with van der Waals surface area (Å²) in [5, 5.41) is 5.62. The van der Waals surface area contributed by atoms with Gasteiger partial charge in [-0.2, -0.15) is 0 Å². The molecule has 0 amide bonds. The SMILES string of the molecule is Cn1c2ccccc2c2ccc3[se]c4ccccc4c3c21. The van der Waals surface area contributed by atoms with Crippen LogP contribution in [0.2, 0.25) is 0 Å². The summed E-state index contributed by atoms with van der Waals surface area (Å²) in [6, 6.07) is 22.2. The molecule has 0 aliphatic rings. The Hall–Kier alpha value is -2.02. The second-order valence-electron chi connectivity index (χ2n) is 5.51. The van der Waals surface area contributed by atoms with E-state index in [1.807, 2.05) is 0 Å². The van der Waals surface area contributed by atoms with Crippen LogP contribution in [0.4, 0.5) is 0 Å². The Kier molecular flexibility index (Phi) is 2.22. The predicted octanol–water partition coefficient (Wildman–Crippen LogP) is 4.69. The average molecular weight is 334 g/mol. The number of aromatic nitrogens is 1. The van der Waals surface area contributed by atoms with Gasteiger partial charge in [0.05, 0.1) is 0 Å². The van der Waals surface area contributed by atoms with Crippen molar-refractivity contribution in [3.8, 4) is 0 Å². The van der Waals surface area contributed by atoms with Gasteiger partial charge in [-0.15, -0.1) is 0 Å². The topological polar surface area (TPSA) is 4.93 Å². The molecule has 0 spiro atoms. The van der Waals surface area contributed by atoms with Crippen LogP contribution in [-0.4, -0.2) is 19.1 Å². The van der Waals surface area contributed by atoms with Gasteiger partial charge in [0.15, 0.2) is 0 Å². The van der Waals surface area contributed by atoms with E-state index in [0.29, 0.717) is 14.5 Å². The molecule has 100 valence electrons. The van der Waals surface area contributed by atoms with Crippen molar-refractivity contribution < 1.29 is 0 Å². The molecule has 1 nitrogen and oxygen atoms in total. The van der Waals surface area contributed by atoms with Gasteiger partial charge < -0.3 is 0 Å². The van der Waals surface area contributed by atoms with Gasteiger partial charge in [-0.3, -0.25) is 0 Å². The fourth-order valence-corrected chi connectivity index (χ4v) is 5.80. The Morgan fingerprint density at radius 3 is 2.38 bits per heavy atom. The van der Waals surface area contributed by atoms with E-state index in [4.69, 9.17) is 0 Å². The summed E-state index contributed by atoms with van der Waals surface area (Å²) in [6.07, 6.45) is 0. The van der Waals surface area contributed by atoms with Gasteiger partial charge in [0, 0.05) is 0 Å². The second kappa shape index (κ2) is 4.00. The number of hydrogen-bond donors (Lipinski definition) is 0. The summed E-state index contributed by atoms with van der Waals surface area (Å²) >= 11 is 0.441. The summed E-state index contributed by atoms with van der Waals surface area (Å²) in [7, 11) is 2.19. The van der Waals surface area contributed by atoms with Crippen molar-refractivity contribution in [1.29, 1.82) is 0 Å². The zero-order valence-corrected chi connectivity index (χ0v) is 13.3. The van der Waals surface area contributed by atoms with Gasteiger partial charge in [-0.05, 0) is 0 Å². The normalized spacial score (nSPS) is 12.0. The first-order valence-electron chi connectivity index (χ1n) is 7.12. The van der Waals surface area contributed by atoms with Crippen molar-refractivity contribution >= 4 is 55.6 Å². The number of aryl methyl sites for hydroxylation is 1. The third-order valence-corrected chi connectivity index (χ3v) is 6.79. The average Bonchev–Trinajstić information content (AvgIpc) is 3.04. The Morgan fingerprint density at radius 2 is 1.48 bits per heavy atom. The molecule has 5 aromatic rings. The number of para-hydroxylation sites is 1. The number of rotatable bonds is 0. The molecule has 0 unspecified atom stereocenters. The van der Waals surface area contributed by atoms with Crippen LogP contribution in [0.25, 0.3) is 41.1 Å². The molecule has 2 aromatic heterocycles. The molecular formula is C19H13NSe. The van der Waals surface area contributed by atoms with Crippen molar-refractivity contribution in [2.24, 2.45) is 7.05 Å². The van der Waals surface area contributed by atoms with E-state index < -0.39 is 0 Å². The molecule has 0 bridgehead atoms. The summed E-state index contributed by atoms with van der Waals surface area (Å²) < 4.78 is 5.39. The van der Waals surface area contributed by atoms with Crippen molar-refractivity contribution in [3.05, 3.63) is 60.7 Å². The summed E-state index contributed by atoms with van der Waals surface area (Å²) in [6.45, 7) is 0. The minimum absolute atomic E-state index is 0.441. The number of hydrogen-bond acceptors (Lipinski definition) is 0. The molecule has 0 N–H and O–H groups in total. The fourth-order valence-electron chi connectivity index (χ4n) is 3.48. The third-order valence-electron chi connectivity index (χ3n) is 4.41. The quantitative estimate of drug-likeness (QED) is 0.362. The van der Waals surface area contributed by atoms with Crippen LogP contribution >= 0.6 is 0 Å². The minimum atomic E-state index is 0.441. The first kappa shape index (κ1) is 11.6. The molecule has 3 aromatic carbocycles. The predicted molar refractivity (Wildman–Crippen MR) is 92.4 cm³/mol. The number of fused-ring (bicyclic) bond motifs is 7. The molecule has 2 heteroatoms. The van der Waals surface area contributed by atoms with E-state index in [9.17, 15) is 0 Å². The molecule has 0 saturated carbocycles. The van der Waals surface area contributed by atoms with Crippen molar-refractivity contribution in [1.82, 2.24) is 4.57 Å². The summed E-state index contributed by atoms with van der Waals surface area (Å²) in [5.74, 6) is 0. The van der Waals surface area contributed by atoms with E-state index in [0.717, 1.165) is 0 Å². The molecule has 0 aliphatic heterocycles. The Bertz CT molecular complexity index is 1140. The van der Waals surface area contributed by atoms with Gasteiger partial charge in [0.2, 0.25) is 0 Å². The van der Waals surface area contributed by atoms with E-state index in [1.54, 1.807) is 0 Å². The van der Waals surface area contributed by atoms with Crippen molar-refractivity contribution in [2.45, 2.75) is 0 Å². The van der Waals surface area contributed by atoms with E-state index >= 15 is 0 Å². The van der Waals surface area contributed by atoms with Crippen molar-refractivity contribution in [2.75, 3.05) is 0 Å². The molecule has 0 atom stereocenters. The second-order valence-corrected chi connectivity index (χ2v) is 7.78. The molecule has 21 heavy (non-hydrogen) atoms. The standard InChI is InChI=1S/C19H13NSe/c1-20-15-8-4-2-6-12(15)13-10-11-17-18(19(13)20)14-7-3-5-9-16(14)21-17/h2-11H,1H3. The van der Waals surface area contributed by atoms with Gasteiger partial charge in [-0.25, -0.2) is 0 Å². The number of nitrogens with zero attached hydrogens (tertiary/aromatic N) is 1. The Labute approximate surface area is 128 Å². The zero-order chi connectivity index (χ0) is 14.0. The van der Waals surface area contributed by atoms with Gasteiger partial charge in [-0.1, -0.05) is 0 Å². The van der Waals surface area contributed by atoms with E-state index in [2.05, 4.69) is 72.3 Å². The third kappa shape index (κ3) is 1.41.